The Morgan fingerprint density at radius 2 is 2.36 bits per heavy atom. The number of ether oxygens (including phenoxy) is 1. The minimum Gasteiger partial charge on any atom is -0.465 e. The number of carbonyl (C=O) groups excluding carboxylic acids is 1. The molecule has 1 aliphatic carbocycles. The zero-order valence-electron chi connectivity index (χ0n) is 7.99. The molecule has 2 rings (SSSR count). The summed E-state index contributed by atoms with van der Waals surface area (Å²) in [6, 6.07) is 5.38. The highest BCUT2D eigenvalue weighted by atomic mass is 16.5. The third-order valence-corrected chi connectivity index (χ3v) is 2.64. The maximum Gasteiger partial charge on any atom is 0.338 e. The highest BCUT2D eigenvalue weighted by Crippen LogP contribution is 2.33. The summed E-state index contributed by atoms with van der Waals surface area (Å²) in [4.78, 5) is 11.4. The van der Waals surface area contributed by atoms with E-state index in [9.17, 15) is 9.90 Å². The summed E-state index contributed by atoms with van der Waals surface area (Å²) < 4.78 is 4.68. The van der Waals surface area contributed by atoms with Gasteiger partial charge in [0.1, 0.15) is 0 Å². The van der Waals surface area contributed by atoms with Crippen LogP contribution in [-0.2, 0) is 11.2 Å². The number of benzene rings is 1. The van der Waals surface area contributed by atoms with E-state index in [4.69, 9.17) is 0 Å². The molecule has 0 bridgehead atoms. The van der Waals surface area contributed by atoms with Crippen molar-refractivity contribution in [3.63, 3.8) is 0 Å². The van der Waals surface area contributed by atoms with Crippen LogP contribution in [0.2, 0.25) is 0 Å². The Morgan fingerprint density at radius 3 is 3.07 bits per heavy atom. The first kappa shape index (κ1) is 9.21. The summed E-state index contributed by atoms with van der Waals surface area (Å²) in [5.74, 6) is -0.323. The maximum atomic E-state index is 11.4. The quantitative estimate of drug-likeness (QED) is 0.685. The Hall–Kier alpha value is -1.35. The summed E-state index contributed by atoms with van der Waals surface area (Å²) >= 11 is 0. The number of methoxy groups -OCH3 is 1. The van der Waals surface area contributed by atoms with E-state index in [1.807, 2.05) is 6.07 Å². The average Bonchev–Trinajstić information content (AvgIpc) is 2.59. The lowest BCUT2D eigenvalue weighted by Gasteiger charge is -2.06. The third-order valence-electron chi connectivity index (χ3n) is 2.64. The molecule has 14 heavy (non-hydrogen) atoms. The number of aliphatic hydroxyl groups excluding tert-OH is 1. The summed E-state index contributed by atoms with van der Waals surface area (Å²) in [6.07, 6.45) is 1.03. The van der Waals surface area contributed by atoms with Crippen LogP contribution in [0.25, 0.3) is 0 Å². The largest absolute Gasteiger partial charge is 0.465 e. The van der Waals surface area contributed by atoms with Crippen molar-refractivity contribution in [3.8, 4) is 0 Å². The van der Waals surface area contributed by atoms with Crippen LogP contribution >= 0.6 is 0 Å². The van der Waals surface area contributed by atoms with Gasteiger partial charge in [0.2, 0.25) is 0 Å². The molecular weight excluding hydrogens is 180 g/mol. The fourth-order valence-electron chi connectivity index (χ4n) is 1.93. The molecule has 1 N–H and O–H groups in total. The second-order valence-corrected chi connectivity index (χ2v) is 3.42. The van der Waals surface area contributed by atoms with Crippen molar-refractivity contribution in [2.45, 2.75) is 18.9 Å². The Bertz CT molecular complexity index is 371. The summed E-state index contributed by atoms with van der Waals surface area (Å²) in [7, 11) is 1.37. The van der Waals surface area contributed by atoms with Gasteiger partial charge in [0, 0.05) is 0 Å². The lowest BCUT2D eigenvalue weighted by atomic mass is 10.0. The number of rotatable bonds is 1. The van der Waals surface area contributed by atoms with Gasteiger partial charge in [-0.3, -0.25) is 0 Å². The van der Waals surface area contributed by atoms with Gasteiger partial charge < -0.3 is 9.84 Å². The molecule has 1 aliphatic rings. The molecule has 3 nitrogen and oxygen atoms in total. The lowest BCUT2D eigenvalue weighted by molar-refractivity contribution is 0.0599. The number of hydrogen-bond acceptors (Lipinski definition) is 3. The third kappa shape index (κ3) is 1.30. The van der Waals surface area contributed by atoms with Crippen LogP contribution in [0.1, 0.15) is 34.0 Å². The predicted octanol–water partition coefficient (Wildman–Crippen LogP) is 1.45. The van der Waals surface area contributed by atoms with E-state index in [-0.39, 0.29) is 5.97 Å². The van der Waals surface area contributed by atoms with E-state index in [2.05, 4.69) is 4.74 Å². The van der Waals surface area contributed by atoms with E-state index < -0.39 is 6.10 Å². The maximum absolute atomic E-state index is 11.4. The van der Waals surface area contributed by atoms with Gasteiger partial charge in [-0.25, -0.2) is 4.79 Å². The van der Waals surface area contributed by atoms with Gasteiger partial charge in [-0.05, 0) is 30.0 Å². The van der Waals surface area contributed by atoms with Crippen LogP contribution in [0.15, 0.2) is 18.2 Å². The Kier molecular flexibility index (Phi) is 2.25. The summed E-state index contributed by atoms with van der Waals surface area (Å²) in [5.41, 5.74) is 2.39. The summed E-state index contributed by atoms with van der Waals surface area (Å²) in [5, 5.41) is 9.61. The molecule has 1 aromatic rings. The second kappa shape index (κ2) is 3.42. The first-order valence-corrected chi connectivity index (χ1v) is 4.62. The van der Waals surface area contributed by atoms with Crippen molar-refractivity contribution in [1.82, 2.24) is 0 Å². The monoisotopic (exact) mass is 192 g/mol. The predicted molar refractivity (Wildman–Crippen MR) is 51.1 cm³/mol. The fraction of sp³-hybridized carbons (Fsp3) is 0.364. The molecule has 0 amide bonds. The Labute approximate surface area is 82.3 Å². The van der Waals surface area contributed by atoms with Crippen molar-refractivity contribution in [1.29, 1.82) is 0 Å². The molecule has 3 heteroatoms. The van der Waals surface area contributed by atoms with Crippen LogP contribution < -0.4 is 0 Å². The minimum atomic E-state index is -0.422. The van der Waals surface area contributed by atoms with Crippen molar-refractivity contribution in [3.05, 3.63) is 34.9 Å². The van der Waals surface area contributed by atoms with Crippen molar-refractivity contribution in [2.24, 2.45) is 0 Å². The number of esters is 1. The van der Waals surface area contributed by atoms with Crippen LogP contribution in [0.3, 0.4) is 0 Å². The standard InChI is InChI=1S/C11H12O3/c1-14-11(13)9-4-2-3-8-7(9)5-6-10(8)12/h2-4,10,12H,5-6H2,1H3. The van der Waals surface area contributed by atoms with Crippen molar-refractivity contribution in [2.75, 3.05) is 7.11 Å². The molecule has 1 atom stereocenters. The van der Waals surface area contributed by atoms with Crippen LogP contribution in [0, 0.1) is 0 Å². The van der Waals surface area contributed by atoms with E-state index in [0.717, 1.165) is 17.5 Å². The van der Waals surface area contributed by atoms with Gasteiger partial charge in [0.25, 0.3) is 0 Å². The zero-order chi connectivity index (χ0) is 10.1. The number of aliphatic hydroxyl groups is 1. The molecule has 1 aromatic carbocycles. The van der Waals surface area contributed by atoms with Gasteiger partial charge in [-0.2, -0.15) is 0 Å². The van der Waals surface area contributed by atoms with Crippen LogP contribution in [0.4, 0.5) is 0 Å². The van der Waals surface area contributed by atoms with E-state index in [1.165, 1.54) is 7.11 Å². The summed E-state index contributed by atoms with van der Waals surface area (Å²) in [6.45, 7) is 0. The van der Waals surface area contributed by atoms with E-state index in [1.54, 1.807) is 12.1 Å². The molecule has 1 unspecified atom stereocenters. The average molecular weight is 192 g/mol. The number of carbonyl (C=O) groups is 1. The number of fused-ring (bicyclic) bond motifs is 1. The fourth-order valence-corrected chi connectivity index (χ4v) is 1.93. The van der Waals surface area contributed by atoms with Crippen molar-refractivity contribution < 1.29 is 14.6 Å². The molecule has 0 heterocycles. The van der Waals surface area contributed by atoms with Gasteiger partial charge in [0.05, 0.1) is 18.8 Å². The minimum absolute atomic E-state index is 0.323. The topological polar surface area (TPSA) is 46.5 Å². The van der Waals surface area contributed by atoms with Crippen LogP contribution in [-0.4, -0.2) is 18.2 Å². The lowest BCUT2D eigenvalue weighted by Crippen LogP contribution is -2.05. The molecule has 0 radical (unpaired) electrons. The molecule has 0 aliphatic heterocycles. The normalized spacial score (nSPS) is 19.1. The zero-order valence-corrected chi connectivity index (χ0v) is 7.99. The molecule has 0 aromatic heterocycles. The van der Waals surface area contributed by atoms with Crippen LogP contribution in [0.5, 0.6) is 0 Å². The van der Waals surface area contributed by atoms with Gasteiger partial charge in [0.15, 0.2) is 0 Å². The first-order valence-electron chi connectivity index (χ1n) is 4.62. The number of hydrogen-bond donors (Lipinski definition) is 1. The highest BCUT2D eigenvalue weighted by molar-refractivity contribution is 5.91. The highest BCUT2D eigenvalue weighted by Gasteiger charge is 2.24. The first-order chi connectivity index (χ1) is 6.74. The van der Waals surface area contributed by atoms with Gasteiger partial charge in [-0.15, -0.1) is 0 Å². The second-order valence-electron chi connectivity index (χ2n) is 3.42. The molecule has 0 saturated heterocycles. The van der Waals surface area contributed by atoms with Gasteiger partial charge in [-0.1, -0.05) is 12.1 Å². The molecule has 74 valence electrons. The Balaban J connectivity index is 2.49. The van der Waals surface area contributed by atoms with E-state index in [0.29, 0.717) is 12.0 Å². The van der Waals surface area contributed by atoms with Gasteiger partial charge >= 0.3 is 5.97 Å². The Morgan fingerprint density at radius 1 is 1.57 bits per heavy atom. The smallest absolute Gasteiger partial charge is 0.338 e. The molecule has 0 spiro atoms. The molecule has 0 fully saturated rings. The SMILES string of the molecule is COC(=O)c1cccc2c1CCC2O. The molecule has 0 saturated carbocycles. The molecular formula is C11H12O3. The van der Waals surface area contributed by atoms with Crippen molar-refractivity contribution >= 4 is 5.97 Å². The van der Waals surface area contributed by atoms with E-state index >= 15 is 0 Å².